The summed E-state index contributed by atoms with van der Waals surface area (Å²) in [6, 6.07) is 0.297. The van der Waals surface area contributed by atoms with Crippen LogP contribution in [0.5, 0.6) is 0 Å². The predicted molar refractivity (Wildman–Crippen MR) is 70.9 cm³/mol. The highest BCUT2D eigenvalue weighted by molar-refractivity contribution is 4.89. The van der Waals surface area contributed by atoms with E-state index in [9.17, 15) is 13.2 Å². The highest BCUT2D eigenvalue weighted by atomic mass is 19.4. The van der Waals surface area contributed by atoms with Gasteiger partial charge in [0.05, 0.1) is 5.92 Å². The molecule has 19 heavy (non-hydrogen) atoms. The highest BCUT2D eigenvalue weighted by Gasteiger charge is 2.44. The quantitative estimate of drug-likeness (QED) is 0.799. The van der Waals surface area contributed by atoms with Crippen LogP contribution in [0.1, 0.15) is 57.8 Å². The largest absolute Gasteiger partial charge is 0.391 e. The average Bonchev–Trinajstić information content (AvgIpc) is 2.40. The van der Waals surface area contributed by atoms with Gasteiger partial charge in [0.2, 0.25) is 0 Å². The summed E-state index contributed by atoms with van der Waals surface area (Å²) in [6.45, 7) is 0. The minimum Gasteiger partial charge on any atom is -0.316 e. The van der Waals surface area contributed by atoms with E-state index in [1.807, 2.05) is 7.05 Å². The van der Waals surface area contributed by atoms with Crippen molar-refractivity contribution >= 4 is 0 Å². The minimum absolute atomic E-state index is 0.216. The molecule has 0 bridgehead atoms. The van der Waals surface area contributed by atoms with E-state index in [1.54, 1.807) is 0 Å². The van der Waals surface area contributed by atoms with Gasteiger partial charge >= 0.3 is 6.18 Å². The van der Waals surface area contributed by atoms with Crippen molar-refractivity contribution in [3.8, 4) is 0 Å². The lowest BCUT2D eigenvalue weighted by Crippen LogP contribution is -2.44. The zero-order valence-corrected chi connectivity index (χ0v) is 11.8. The van der Waals surface area contributed by atoms with Crippen molar-refractivity contribution in [3.05, 3.63) is 0 Å². The first-order valence-corrected chi connectivity index (χ1v) is 7.76. The normalized spacial score (nSPS) is 32.2. The number of hydrogen-bond acceptors (Lipinski definition) is 1. The highest BCUT2D eigenvalue weighted by Crippen LogP contribution is 2.43. The second kappa shape index (κ2) is 6.47. The van der Waals surface area contributed by atoms with Crippen LogP contribution in [0.3, 0.4) is 0 Å². The first kappa shape index (κ1) is 15.1. The molecule has 2 fully saturated rings. The van der Waals surface area contributed by atoms with E-state index in [2.05, 4.69) is 5.32 Å². The molecule has 0 heterocycles. The van der Waals surface area contributed by atoms with Crippen molar-refractivity contribution in [3.63, 3.8) is 0 Å². The van der Waals surface area contributed by atoms with Gasteiger partial charge in [-0.3, -0.25) is 0 Å². The van der Waals surface area contributed by atoms with Gasteiger partial charge in [0.15, 0.2) is 0 Å². The number of alkyl halides is 3. The van der Waals surface area contributed by atoms with Crippen molar-refractivity contribution in [1.82, 2.24) is 5.32 Å². The molecule has 3 atom stereocenters. The van der Waals surface area contributed by atoms with Crippen LogP contribution < -0.4 is 5.32 Å². The predicted octanol–water partition coefficient (Wildman–Crippen LogP) is 4.52. The third kappa shape index (κ3) is 3.87. The fraction of sp³-hybridized carbons (Fsp3) is 1.00. The van der Waals surface area contributed by atoms with E-state index in [4.69, 9.17) is 0 Å². The van der Waals surface area contributed by atoms with Gasteiger partial charge in [0.25, 0.3) is 0 Å². The van der Waals surface area contributed by atoms with Gasteiger partial charge in [-0.25, -0.2) is 0 Å². The molecule has 2 rings (SSSR count). The van der Waals surface area contributed by atoms with Gasteiger partial charge in [-0.15, -0.1) is 0 Å². The Morgan fingerprint density at radius 2 is 1.53 bits per heavy atom. The summed E-state index contributed by atoms with van der Waals surface area (Å²) in [5, 5.41) is 3.35. The molecular weight excluding hydrogens is 251 g/mol. The van der Waals surface area contributed by atoms with Crippen molar-refractivity contribution in [1.29, 1.82) is 0 Å². The molecule has 0 aromatic heterocycles. The second-order valence-corrected chi connectivity index (χ2v) is 6.38. The summed E-state index contributed by atoms with van der Waals surface area (Å²) >= 11 is 0. The molecule has 0 aliphatic heterocycles. The standard InChI is InChI=1S/C15H26F3N/c1-19-14(11-6-3-2-4-7-11)12-8-5-9-13(10-12)15(16,17)18/h11-14,19H,2-10H2,1H3. The van der Waals surface area contributed by atoms with Crippen LogP contribution in [-0.4, -0.2) is 19.3 Å². The Labute approximate surface area is 114 Å². The van der Waals surface area contributed by atoms with Crippen LogP contribution >= 0.6 is 0 Å². The van der Waals surface area contributed by atoms with Crippen LogP contribution in [0.4, 0.5) is 13.2 Å². The van der Waals surface area contributed by atoms with Crippen molar-refractivity contribution in [2.75, 3.05) is 7.05 Å². The monoisotopic (exact) mass is 277 g/mol. The van der Waals surface area contributed by atoms with E-state index >= 15 is 0 Å². The van der Waals surface area contributed by atoms with Gasteiger partial charge in [-0.2, -0.15) is 13.2 Å². The Morgan fingerprint density at radius 1 is 0.895 bits per heavy atom. The van der Waals surface area contributed by atoms with E-state index in [1.165, 1.54) is 32.1 Å². The molecule has 0 radical (unpaired) electrons. The Balaban J connectivity index is 1.97. The Hall–Kier alpha value is -0.250. The maximum atomic E-state index is 12.9. The number of hydrogen-bond donors (Lipinski definition) is 1. The van der Waals surface area contributed by atoms with E-state index in [0.29, 0.717) is 24.8 Å². The summed E-state index contributed by atoms with van der Waals surface area (Å²) < 4.78 is 38.7. The molecule has 4 heteroatoms. The zero-order valence-electron chi connectivity index (χ0n) is 11.8. The van der Waals surface area contributed by atoms with E-state index in [0.717, 1.165) is 12.8 Å². The van der Waals surface area contributed by atoms with Gasteiger partial charge < -0.3 is 5.32 Å². The molecule has 2 aliphatic rings. The topological polar surface area (TPSA) is 12.0 Å². The summed E-state index contributed by atoms with van der Waals surface area (Å²) in [5.74, 6) is -0.255. The van der Waals surface area contributed by atoms with Gasteiger partial charge in [-0.05, 0) is 51.0 Å². The fourth-order valence-corrected chi connectivity index (χ4v) is 4.20. The van der Waals surface area contributed by atoms with Gasteiger partial charge in [0, 0.05) is 6.04 Å². The van der Waals surface area contributed by atoms with E-state index in [-0.39, 0.29) is 5.92 Å². The molecular formula is C15H26F3N. The molecule has 1 N–H and O–H groups in total. The molecule has 3 unspecified atom stereocenters. The molecule has 0 aromatic rings. The van der Waals surface area contributed by atoms with Gasteiger partial charge in [0.1, 0.15) is 0 Å². The second-order valence-electron chi connectivity index (χ2n) is 6.38. The number of rotatable bonds is 3. The van der Waals surface area contributed by atoms with E-state index < -0.39 is 12.1 Å². The maximum Gasteiger partial charge on any atom is 0.391 e. The first-order valence-electron chi connectivity index (χ1n) is 7.76. The van der Waals surface area contributed by atoms with Crippen molar-refractivity contribution in [2.45, 2.75) is 70.0 Å². The van der Waals surface area contributed by atoms with Crippen molar-refractivity contribution < 1.29 is 13.2 Å². The smallest absolute Gasteiger partial charge is 0.316 e. The molecule has 112 valence electrons. The molecule has 1 nitrogen and oxygen atoms in total. The molecule has 0 amide bonds. The Morgan fingerprint density at radius 3 is 2.11 bits per heavy atom. The van der Waals surface area contributed by atoms with Crippen LogP contribution in [0.2, 0.25) is 0 Å². The SMILES string of the molecule is CNC(C1CCCCC1)C1CCCC(C(F)(F)F)C1. The molecule has 2 saturated carbocycles. The summed E-state index contributed by atoms with van der Waals surface area (Å²) in [6.07, 6.45) is 4.56. The lowest BCUT2D eigenvalue weighted by atomic mass is 9.71. The maximum absolute atomic E-state index is 12.9. The minimum atomic E-state index is -4.00. The summed E-state index contributed by atoms with van der Waals surface area (Å²) in [5.41, 5.74) is 0. The lowest BCUT2D eigenvalue weighted by Gasteiger charge is -2.40. The first-order chi connectivity index (χ1) is 9.02. The summed E-state index contributed by atoms with van der Waals surface area (Å²) in [4.78, 5) is 0. The van der Waals surface area contributed by atoms with Crippen molar-refractivity contribution in [2.24, 2.45) is 17.8 Å². The Kier molecular flexibility index (Phi) is 5.15. The molecule has 2 aliphatic carbocycles. The van der Waals surface area contributed by atoms with Crippen LogP contribution in [0.25, 0.3) is 0 Å². The molecule has 0 saturated heterocycles. The average molecular weight is 277 g/mol. The fourth-order valence-electron chi connectivity index (χ4n) is 4.20. The van der Waals surface area contributed by atoms with Crippen LogP contribution in [0.15, 0.2) is 0 Å². The van der Waals surface area contributed by atoms with Crippen LogP contribution in [0, 0.1) is 17.8 Å². The third-order valence-corrected chi connectivity index (χ3v) is 5.18. The number of halogens is 3. The zero-order chi connectivity index (χ0) is 13.9. The molecule has 0 aromatic carbocycles. The van der Waals surface area contributed by atoms with Gasteiger partial charge in [-0.1, -0.05) is 25.7 Å². The third-order valence-electron chi connectivity index (χ3n) is 5.18. The number of nitrogens with one attached hydrogen (secondary N) is 1. The molecule has 0 spiro atoms. The Bertz CT molecular complexity index is 271. The van der Waals surface area contributed by atoms with Crippen LogP contribution in [-0.2, 0) is 0 Å². The lowest BCUT2D eigenvalue weighted by molar-refractivity contribution is -0.187. The summed E-state index contributed by atoms with van der Waals surface area (Å²) in [7, 11) is 1.93.